The third-order valence-electron chi connectivity index (χ3n) is 4.45. The van der Waals surface area contributed by atoms with E-state index >= 15 is 0 Å². The lowest BCUT2D eigenvalue weighted by molar-refractivity contribution is -0.151. The molecule has 1 aliphatic carbocycles. The molecule has 1 spiro atoms. The van der Waals surface area contributed by atoms with E-state index in [4.69, 9.17) is 16.3 Å². The van der Waals surface area contributed by atoms with Gasteiger partial charge in [-0.25, -0.2) is 0 Å². The number of methoxy groups -OCH3 is 1. The van der Waals surface area contributed by atoms with Crippen LogP contribution in [0.5, 0.6) is 0 Å². The number of ether oxygens (including phenoxy) is 1. The van der Waals surface area contributed by atoms with Gasteiger partial charge in [0.15, 0.2) is 0 Å². The molecule has 1 saturated carbocycles. The van der Waals surface area contributed by atoms with Gasteiger partial charge in [0.25, 0.3) is 0 Å². The number of hydrogen-bond donors (Lipinski definition) is 1. The number of carbonyl (C=O) groups is 2. The molecule has 1 atom stereocenters. The molecule has 0 radical (unpaired) electrons. The van der Waals surface area contributed by atoms with Crippen LogP contribution in [0.2, 0.25) is 5.02 Å². The zero-order valence-corrected chi connectivity index (χ0v) is 11.9. The zero-order valence-electron chi connectivity index (χ0n) is 11.2. The fourth-order valence-corrected chi connectivity index (χ4v) is 3.63. The van der Waals surface area contributed by atoms with E-state index in [-0.39, 0.29) is 29.3 Å². The van der Waals surface area contributed by atoms with Gasteiger partial charge in [-0.1, -0.05) is 23.7 Å². The van der Waals surface area contributed by atoms with Crippen LogP contribution in [0.15, 0.2) is 24.3 Å². The van der Waals surface area contributed by atoms with Crippen molar-refractivity contribution < 1.29 is 14.3 Å². The van der Waals surface area contributed by atoms with Crippen LogP contribution < -0.4 is 5.32 Å². The monoisotopic (exact) mass is 293 g/mol. The molecular formula is C15H16ClNO3. The van der Waals surface area contributed by atoms with Crippen LogP contribution in [-0.2, 0) is 14.3 Å². The maximum atomic E-state index is 12.3. The highest BCUT2D eigenvalue weighted by molar-refractivity contribution is 6.30. The van der Waals surface area contributed by atoms with Crippen LogP contribution in [0.3, 0.4) is 0 Å². The van der Waals surface area contributed by atoms with E-state index in [9.17, 15) is 9.59 Å². The van der Waals surface area contributed by atoms with Crippen molar-refractivity contribution in [1.29, 1.82) is 0 Å². The van der Waals surface area contributed by atoms with Gasteiger partial charge in [0.2, 0.25) is 11.8 Å². The van der Waals surface area contributed by atoms with Crippen LogP contribution in [-0.4, -0.2) is 25.0 Å². The summed E-state index contributed by atoms with van der Waals surface area (Å²) in [5.41, 5.74) is 0.613. The van der Waals surface area contributed by atoms with Crippen LogP contribution in [0.25, 0.3) is 0 Å². The molecule has 1 N–H and O–H groups in total. The fourth-order valence-electron chi connectivity index (χ4n) is 3.51. The van der Waals surface area contributed by atoms with Crippen molar-refractivity contribution in [3.63, 3.8) is 0 Å². The summed E-state index contributed by atoms with van der Waals surface area (Å²) in [6, 6.07) is 7.29. The molecule has 2 fully saturated rings. The smallest absolute Gasteiger partial charge is 0.234 e. The summed E-state index contributed by atoms with van der Waals surface area (Å²) >= 11 is 5.90. The lowest BCUT2D eigenvalue weighted by Gasteiger charge is -2.52. The Morgan fingerprint density at radius 3 is 2.50 bits per heavy atom. The van der Waals surface area contributed by atoms with Gasteiger partial charge in [-0.3, -0.25) is 14.9 Å². The number of piperidine rings is 1. The molecule has 1 unspecified atom stereocenters. The number of hydrogen-bond acceptors (Lipinski definition) is 3. The summed E-state index contributed by atoms with van der Waals surface area (Å²) in [7, 11) is 1.67. The maximum Gasteiger partial charge on any atom is 0.234 e. The summed E-state index contributed by atoms with van der Waals surface area (Å²) in [5.74, 6) is -0.697. The van der Waals surface area contributed by atoms with Crippen molar-refractivity contribution in [2.45, 2.75) is 31.3 Å². The Kier molecular flexibility index (Phi) is 3.30. The van der Waals surface area contributed by atoms with Gasteiger partial charge < -0.3 is 4.74 Å². The number of nitrogens with one attached hydrogen (secondary N) is 1. The molecule has 0 aromatic heterocycles. The quantitative estimate of drug-likeness (QED) is 0.851. The van der Waals surface area contributed by atoms with E-state index in [2.05, 4.69) is 5.32 Å². The topological polar surface area (TPSA) is 55.4 Å². The first kappa shape index (κ1) is 13.6. The van der Waals surface area contributed by atoms with Gasteiger partial charge in [0.05, 0.1) is 12.0 Å². The van der Waals surface area contributed by atoms with Gasteiger partial charge in [-0.05, 0) is 36.0 Å². The van der Waals surface area contributed by atoms with Gasteiger partial charge in [0, 0.05) is 18.6 Å². The summed E-state index contributed by atoms with van der Waals surface area (Å²) in [5, 5.41) is 3.08. The SMILES string of the molecule is COC1CC2(CC(=O)NC(=O)C2c2ccc(Cl)cc2)C1. The summed E-state index contributed by atoms with van der Waals surface area (Å²) in [6.07, 6.45) is 2.01. The van der Waals surface area contributed by atoms with E-state index in [1.165, 1.54) is 0 Å². The summed E-state index contributed by atoms with van der Waals surface area (Å²) in [6.45, 7) is 0. The third-order valence-corrected chi connectivity index (χ3v) is 4.71. The van der Waals surface area contributed by atoms with Crippen molar-refractivity contribution in [2.75, 3.05) is 7.11 Å². The lowest BCUT2D eigenvalue weighted by atomic mass is 9.54. The second-order valence-corrected chi connectivity index (χ2v) is 6.14. The molecular weight excluding hydrogens is 278 g/mol. The van der Waals surface area contributed by atoms with Crippen molar-refractivity contribution in [3.8, 4) is 0 Å². The molecule has 0 bridgehead atoms. The van der Waals surface area contributed by atoms with Crippen LogP contribution in [0.1, 0.15) is 30.7 Å². The largest absolute Gasteiger partial charge is 0.381 e. The predicted octanol–water partition coefficient (Wildman–Crippen LogP) is 2.27. The molecule has 2 aliphatic rings. The standard InChI is InChI=1S/C15H16ClNO3/c1-20-11-6-15(7-11)8-12(18)17-14(19)13(15)9-2-4-10(16)5-3-9/h2-5,11,13H,6-8H2,1H3,(H,17,18,19). The Labute approximate surface area is 122 Å². The van der Waals surface area contributed by atoms with Gasteiger partial charge in [-0.2, -0.15) is 0 Å². The van der Waals surface area contributed by atoms with E-state index in [1.54, 1.807) is 19.2 Å². The van der Waals surface area contributed by atoms with Gasteiger partial charge >= 0.3 is 0 Å². The predicted molar refractivity (Wildman–Crippen MR) is 74.4 cm³/mol. The molecule has 20 heavy (non-hydrogen) atoms. The lowest BCUT2D eigenvalue weighted by Crippen LogP contribution is -2.57. The van der Waals surface area contributed by atoms with Gasteiger partial charge in [-0.15, -0.1) is 0 Å². The van der Waals surface area contributed by atoms with Crippen LogP contribution in [0, 0.1) is 5.41 Å². The Morgan fingerprint density at radius 1 is 1.25 bits per heavy atom. The Balaban J connectivity index is 1.94. The highest BCUT2D eigenvalue weighted by Gasteiger charge is 2.56. The van der Waals surface area contributed by atoms with E-state index < -0.39 is 0 Å². The van der Waals surface area contributed by atoms with E-state index in [1.807, 2.05) is 12.1 Å². The molecule has 3 rings (SSSR count). The van der Waals surface area contributed by atoms with Crippen molar-refractivity contribution in [2.24, 2.45) is 5.41 Å². The Bertz CT molecular complexity index is 549. The molecule has 1 aromatic carbocycles. The zero-order chi connectivity index (χ0) is 14.3. The minimum absolute atomic E-state index is 0.142. The van der Waals surface area contributed by atoms with E-state index in [0.29, 0.717) is 11.4 Å². The highest BCUT2D eigenvalue weighted by Crippen LogP contribution is 2.56. The van der Waals surface area contributed by atoms with Crippen molar-refractivity contribution in [3.05, 3.63) is 34.9 Å². The second kappa shape index (κ2) is 4.86. The molecule has 106 valence electrons. The van der Waals surface area contributed by atoms with E-state index in [0.717, 1.165) is 18.4 Å². The van der Waals surface area contributed by atoms with Crippen LogP contribution in [0.4, 0.5) is 0 Å². The second-order valence-electron chi connectivity index (χ2n) is 5.70. The van der Waals surface area contributed by atoms with Crippen molar-refractivity contribution in [1.82, 2.24) is 5.32 Å². The summed E-state index contributed by atoms with van der Waals surface area (Å²) in [4.78, 5) is 24.0. The minimum Gasteiger partial charge on any atom is -0.381 e. The fraction of sp³-hybridized carbons (Fsp3) is 0.467. The number of imide groups is 1. The minimum atomic E-state index is -0.302. The molecule has 2 amide bonds. The molecule has 1 saturated heterocycles. The normalized spacial score (nSPS) is 32.9. The average Bonchev–Trinajstić information content (AvgIpc) is 2.36. The molecule has 1 aromatic rings. The summed E-state index contributed by atoms with van der Waals surface area (Å²) < 4.78 is 5.32. The highest BCUT2D eigenvalue weighted by atomic mass is 35.5. The first-order valence-corrected chi connectivity index (χ1v) is 7.04. The number of rotatable bonds is 2. The average molecular weight is 294 g/mol. The number of halogens is 1. The number of benzene rings is 1. The molecule has 4 nitrogen and oxygen atoms in total. The Morgan fingerprint density at radius 2 is 1.90 bits per heavy atom. The third kappa shape index (κ3) is 2.13. The maximum absolute atomic E-state index is 12.3. The molecule has 1 aliphatic heterocycles. The first-order chi connectivity index (χ1) is 9.54. The first-order valence-electron chi connectivity index (χ1n) is 6.66. The Hall–Kier alpha value is -1.39. The molecule has 5 heteroatoms. The van der Waals surface area contributed by atoms with Crippen molar-refractivity contribution >= 4 is 23.4 Å². The number of amides is 2. The van der Waals surface area contributed by atoms with Gasteiger partial charge in [0.1, 0.15) is 0 Å². The molecule has 1 heterocycles. The van der Waals surface area contributed by atoms with Crippen LogP contribution >= 0.6 is 11.6 Å². The number of carbonyl (C=O) groups excluding carboxylic acids is 2.